The van der Waals surface area contributed by atoms with Gasteiger partial charge in [0.25, 0.3) is 0 Å². The van der Waals surface area contributed by atoms with Crippen molar-refractivity contribution < 1.29 is 0 Å². The Kier molecular flexibility index (Phi) is 5.51. The molecule has 0 saturated carbocycles. The Hall–Kier alpha value is -1.88. The third-order valence-electron chi connectivity index (χ3n) is 4.09. The Labute approximate surface area is 147 Å². The molecule has 0 atom stereocenters. The van der Waals surface area contributed by atoms with Crippen LogP contribution in [0, 0.1) is 0 Å². The summed E-state index contributed by atoms with van der Waals surface area (Å²) in [7, 11) is 2.04. The molecular weight excluding hydrogens is 316 g/mol. The zero-order chi connectivity index (χ0) is 16.9. The number of thioether (sulfide) groups is 1. The molecule has 0 N–H and O–H groups in total. The third kappa shape index (κ3) is 3.46. The lowest BCUT2D eigenvalue weighted by atomic mass is 10.2. The molecule has 0 aliphatic rings. The highest BCUT2D eigenvalue weighted by Crippen LogP contribution is 2.32. The van der Waals surface area contributed by atoms with E-state index in [1.165, 1.54) is 23.3 Å². The molecule has 4 nitrogen and oxygen atoms in total. The van der Waals surface area contributed by atoms with E-state index < -0.39 is 0 Å². The fourth-order valence-electron chi connectivity index (χ4n) is 2.79. The van der Waals surface area contributed by atoms with Crippen molar-refractivity contribution in [1.29, 1.82) is 0 Å². The number of rotatable bonds is 7. The number of hydrogen-bond donors (Lipinski definition) is 0. The first-order valence-corrected chi connectivity index (χ1v) is 9.61. The van der Waals surface area contributed by atoms with Crippen LogP contribution in [0.2, 0.25) is 0 Å². The molecule has 3 aromatic heterocycles. The van der Waals surface area contributed by atoms with Crippen LogP contribution in [0.5, 0.6) is 0 Å². The van der Waals surface area contributed by atoms with Gasteiger partial charge in [0.05, 0.1) is 0 Å². The Bertz CT molecular complexity index is 825. The van der Waals surface area contributed by atoms with Gasteiger partial charge in [0.1, 0.15) is 11.3 Å². The molecule has 24 heavy (non-hydrogen) atoms. The average molecular weight is 340 g/mol. The molecule has 0 radical (unpaired) electrons. The fourth-order valence-corrected chi connectivity index (χ4v) is 3.89. The molecule has 3 aromatic rings. The summed E-state index contributed by atoms with van der Waals surface area (Å²) in [4.78, 5) is 15.0. The maximum atomic E-state index is 4.87. The predicted molar refractivity (Wildman–Crippen MR) is 101 cm³/mol. The first-order valence-electron chi connectivity index (χ1n) is 8.63. The SMILES string of the molecule is CCCCSc1cnccc1-c1nc2cc(CCC)cnc2n1C. The quantitative estimate of drug-likeness (QED) is 0.454. The number of fused-ring (bicyclic) bond motifs is 1. The lowest BCUT2D eigenvalue weighted by molar-refractivity contribution is 0.895. The molecule has 0 aliphatic carbocycles. The minimum absolute atomic E-state index is 0.936. The Morgan fingerprint density at radius 2 is 2.04 bits per heavy atom. The van der Waals surface area contributed by atoms with Gasteiger partial charge in [0.2, 0.25) is 0 Å². The highest BCUT2D eigenvalue weighted by Gasteiger charge is 2.15. The molecule has 0 fully saturated rings. The van der Waals surface area contributed by atoms with Gasteiger partial charge in [-0.2, -0.15) is 0 Å². The maximum Gasteiger partial charge on any atom is 0.160 e. The van der Waals surface area contributed by atoms with Crippen LogP contribution in [0.15, 0.2) is 35.6 Å². The molecule has 0 unspecified atom stereocenters. The summed E-state index contributed by atoms with van der Waals surface area (Å²) in [5.74, 6) is 2.07. The van der Waals surface area contributed by atoms with Crippen molar-refractivity contribution in [3.05, 3.63) is 36.3 Å². The maximum absolute atomic E-state index is 4.87. The molecule has 3 rings (SSSR count). The largest absolute Gasteiger partial charge is 0.312 e. The molecule has 126 valence electrons. The normalized spacial score (nSPS) is 11.3. The number of pyridine rings is 2. The van der Waals surface area contributed by atoms with Crippen molar-refractivity contribution in [1.82, 2.24) is 19.5 Å². The van der Waals surface area contributed by atoms with Crippen molar-refractivity contribution in [3.8, 4) is 11.4 Å². The van der Waals surface area contributed by atoms with Crippen LogP contribution in [0.1, 0.15) is 38.7 Å². The summed E-state index contributed by atoms with van der Waals surface area (Å²) in [6.45, 7) is 4.40. The number of hydrogen-bond acceptors (Lipinski definition) is 4. The second-order valence-electron chi connectivity index (χ2n) is 6.00. The summed E-state index contributed by atoms with van der Waals surface area (Å²) >= 11 is 1.86. The van der Waals surface area contributed by atoms with Crippen LogP contribution in [0.3, 0.4) is 0 Å². The van der Waals surface area contributed by atoms with E-state index in [1.807, 2.05) is 37.4 Å². The Morgan fingerprint density at radius 1 is 1.17 bits per heavy atom. The van der Waals surface area contributed by atoms with E-state index in [1.54, 1.807) is 0 Å². The molecular formula is C19H24N4S. The van der Waals surface area contributed by atoms with Crippen molar-refractivity contribution in [2.45, 2.75) is 44.4 Å². The van der Waals surface area contributed by atoms with Crippen LogP contribution in [0.25, 0.3) is 22.6 Å². The van der Waals surface area contributed by atoms with Crippen molar-refractivity contribution in [2.24, 2.45) is 7.05 Å². The second-order valence-corrected chi connectivity index (χ2v) is 7.14. The van der Waals surface area contributed by atoms with Crippen LogP contribution in [-0.2, 0) is 13.5 Å². The molecule has 0 saturated heterocycles. The van der Waals surface area contributed by atoms with E-state index in [0.29, 0.717) is 0 Å². The number of unbranched alkanes of at least 4 members (excludes halogenated alkanes) is 1. The summed E-state index contributed by atoms with van der Waals surface area (Å²) < 4.78 is 2.09. The molecule has 0 aromatic carbocycles. The molecule has 0 spiro atoms. The smallest absolute Gasteiger partial charge is 0.160 e. The Morgan fingerprint density at radius 3 is 2.83 bits per heavy atom. The number of imidazole rings is 1. The van der Waals surface area contributed by atoms with Gasteiger partial charge in [0.15, 0.2) is 5.65 Å². The third-order valence-corrected chi connectivity index (χ3v) is 5.21. The van der Waals surface area contributed by atoms with Gasteiger partial charge in [-0.15, -0.1) is 11.8 Å². The van der Waals surface area contributed by atoms with Crippen LogP contribution < -0.4 is 0 Å². The number of nitrogens with zero attached hydrogens (tertiary/aromatic N) is 4. The van der Waals surface area contributed by atoms with Gasteiger partial charge in [-0.05, 0) is 36.3 Å². The lowest BCUT2D eigenvalue weighted by Gasteiger charge is -2.08. The van der Waals surface area contributed by atoms with E-state index in [9.17, 15) is 0 Å². The number of aromatic nitrogens is 4. The molecule has 3 heterocycles. The van der Waals surface area contributed by atoms with Gasteiger partial charge in [-0.3, -0.25) is 4.98 Å². The van der Waals surface area contributed by atoms with Crippen molar-refractivity contribution >= 4 is 22.9 Å². The standard InChI is InChI=1S/C19H24N4S/c1-4-6-10-24-17-13-20-9-8-15(17)18-22-16-11-14(7-5-2)12-21-19(16)23(18)3/h8-9,11-13H,4-7,10H2,1-3H3. The highest BCUT2D eigenvalue weighted by atomic mass is 32.2. The molecule has 0 amide bonds. The van der Waals surface area contributed by atoms with Crippen molar-refractivity contribution in [2.75, 3.05) is 5.75 Å². The monoisotopic (exact) mass is 340 g/mol. The van der Waals surface area contributed by atoms with E-state index in [-0.39, 0.29) is 0 Å². The minimum Gasteiger partial charge on any atom is -0.312 e. The predicted octanol–water partition coefficient (Wildman–Crippen LogP) is 4.88. The zero-order valence-corrected chi connectivity index (χ0v) is 15.4. The zero-order valence-electron chi connectivity index (χ0n) is 14.6. The van der Waals surface area contributed by atoms with E-state index >= 15 is 0 Å². The van der Waals surface area contributed by atoms with Gasteiger partial charge < -0.3 is 4.57 Å². The molecule has 0 aliphatic heterocycles. The van der Waals surface area contributed by atoms with Crippen molar-refractivity contribution in [3.63, 3.8) is 0 Å². The average Bonchev–Trinajstić information content (AvgIpc) is 2.92. The van der Waals surface area contributed by atoms with E-state index in [4.69, 9.17) is 4.98 Å². The van der Waals surface area contributed by atoms with Gasteiger partial charge in [0, 0.05) is 36.1 Å². The molecule has 0 bridgehead atoms. The topological polar surface area (TPSA) is 43.6 Å². The van der Waals surface area contributed by atoms with E-state index in [2.05, 4.69) is 40.5 Å². The second kappa shape index (κ2) is 7.79. The van der Waals surface area contributed by atoms with Crippen LogP contribution in [0.4, 0.5) is 0 Å². The summed E-state index contributed by atoms with van der Waals surface area (Å²) in [6.07, 6.45) is 10.3. The highest BCUT2D eigenvalue weighted by molar-refractivity contribution is 7.99. The molecule has 5 heteroatoms. The lowest BCUT2D eigenvalue weighted by Crippen LogP contribution is -1.96. The Balaban J connectivity index is 2.01. The van der Waals surface area contributed by atoms with Crippen LogP contribution in [-0.4, -0.2) is 25.3 Å². The summed E-state index contributed by atoms with van der Waals surface area (Å²) in [5, 5.41) is 0. The first kappa shape index (κ1) is 17.0. The number of aryl methyl sites for hydroxylation is 2. The summed E-state index contributed by atoms with van der Waals surface area (Å²) in [6, 6.07) is 4.23. The minimum atomic E-state index is 0.936. The van der Waals surface area contributed by atoms with E-state index in [0.717, 1.165) is 41.1 Å². The first-order chi connectivity index (χ1) is 11.7. The van der Waals surface area contributed by atoms with Gasteiger partial charge in [-0.25, -0.2) is 9.97 Å². The van der Waals surface area contributed by atoms with Crippen LogP contribution >= 0.6 is 11.8 Å². The van der Waals surface area contributed by atoms with Gasteiger partial charge in [-0.1, -0.05) is 26.7 Å². The summed E-state index contributed by atoms with van der Waals surface area (Å²) in [5.41, 5.74) is 4.30. The fraction of sp³-hybridized carbons (Fsp3) is 0.421. The van der Waals surface area contributed by atoms with Gasteiger partial charge >= 0.3 is 0 Å².